The number of allylic oxidation sites excluding steroid dienone is 1. The third-order valence-electron chi connectivity index (χ3n) is 5.64. The Bertz CT molecular complexity index is 846. The van der Waals surface area contributed by atoms with Gasteiger partial charge in [-0.15, -0.1) is 0 Å². The molecular weight excluding hydrogens is 362 g/mol. The molecular formula is C24H31N3O2. The lowest BCUT2D eigenvalue weighted by molar-refractivity contribution is -0.117. The van der Waals surface area contributed by atoms with Crippen LogP contribution in [0.2, 0.25) is 0 Å². The second-order valence-corrected chi connectivity index (χ2v) is 7.99. The Morgan fingerprint density at radius 2 is 1.76 bits per heavy atom. The van der Waals surface area contributed by atoms with E-state index >= 15 is 0 Å². The summed E-state index contributed by atoms with van der Waals surface area (Å²) in [7, 11) is 4.09. The summed E-state index contributed by atoms with van der Waals surface area (Å²) in [5, 5.41) is 3.13. The summed E-state index contributed by atoms with van der Waals surface area (Å²) in [6, 6.07) is 18.7. The van der Waals surface area contributed by atoms with Crippen molar-refractivity contribution in [2.24, 2.45) is 5.73 Å². The van der Waals surface area contributed by atoms with Crippen LogP contribution in [0.5, 0.6) is 0 Å². The van der Waals surface area contributed by atoms with E-state index in [4.69, 9.17) is 10.5 Å². The number of hydrogen-bond acceptors (Lipinski definition) is 4. The highest BCUT2D eigenvalue weighted by molar-refractivity contribution is 6.02. The van der Waals surface area contributed by atoms with Crippen molar-refractivity contribution in [1.82, 2.24) is 10.2 Å². The second kappa shape index (κ2) is 9.35. The summed E-state index contributed by atoms with van der Waals surface area (Å²) >= 11 is 0. The van der Waals surface area contributed by atoms with Crippen LogP contribution in [0.15, 0.2) is 66.2 Å². The number of amides is 1. The van der Waals surface area contributed by atoms with Gasteiger partial charge in [-0.2, -0.15) is 0 Å². The molecule has 0 saturated heterocycles. The maximum Gasteiger partial charge on any atom is 0.248 e. The molecule has 154 valence electrons. The van der Waals surface area contributed by atoms with E-state index in [2.05, 4.69) is 53.5 Å². The van der Waals surface area contributed by atoms with Crippen molar-refractivity contribution in [1.29, 1.82) is 0 Å². The molecule has 2 aromatic carbocycles. The highest BCUT2D eigenvalue weighted by Gasteiger charge is 2.44. The second-order valence-electron chi connectivity index (χ2n) is 7.99. The van der Waals surface area contributed by atoms with E-state index in [9.17, 15) is 4.79 Å². The fourth-order valence-corrected chi connectivity index (χ4v) is 3.54. The minimum Gasteiger partial charge on any atom is -0.362 e. The number of carbonyl (C=O) groups excluding carboxylic acids is 1. The van der Waals surface area contributed by atoms with Gasteiger partial charge < -0.3 is 20.7 Å². The van der Waals surface area contributed by atoms with E-state index in [1.807, 2.05) is 38.4 Å². The third kappa shape index (κ3) is 5.32. The van der Waals surface area contributed by atoms with Crippen molar-refractivity contribution < 1.29 is 9.53 Å². The SMILES string of the molecule is CN(C)[C@H](CNC(=O)C1=C[C@@]1(C)c1ccccc1)Cc1ccc(COCN)cc1. The van der Waals surface area contributed by atoms with E-state index < -0.39 is 0 Å². The fraction of sp³-hybridized carbons (Fsp3) is 0.375. The first-order chi connectivity index (χ1) is 13.9. The maximum atomic E-state index is 12.7. The summed E-state index contributed by atoms with van der Waals surface area (Å²) in [5.74, 6) is 0.0254. The van der Waals surface area contributed by atoms with Gasteiger partial charge in [0.05, 0.1) is 13.3 Å². The fourth-order valence-electron chi connectivity index (χ4n) is 3.54. The van der Waals surface area contributed by atoms with Gasteiger partial charge in [0.25, 0.3) is 0 Å². The highest BCUT2D eigenvalue weighted by Crippen LogP contribution is 2.46. The molecule has 0 radical (unpaired) electrons. The Kier molecular flexibility index (Phi) is 6.85. The molecule has 0 aliphatic heterocycles. The van der Waals surface area contributed by atoms with Gasteiger partial charge >= 0.3 is 0 Å². The van der Waals surface area contributed by atoms with Crippen LogP contribution in [0.3, 0.4) is 0 Å². The standard InChI is InChI=1S/C24H31N3O2/c1-24(20-7-5-4-6-8-20)14-22(24)23(28)26-15-21(27(2)3)13-18-9-11-19(12-10-18)16-29-17-25/h4-12,14,21H,13,15-17,25H2,1-3H3,(H,26,28)/t21-,24-/m0/s1. The van der Waals surface area contributed by atoms with Crippen molar-refractivity contribution >= 4 is 5.91 Å². The monoisotopic (exact) mass is 393 g/mol. The van der Waals surface area contributed by atoms with Crippen molar-refractivity contribution in [2.75, 3.05) is 27.4 Å². The Labute approximate surface area is 173 Å². The molecule has 0 heterocycles. The Morgan fingerprint density at radius 3 is 2.38 bits per heavy atom. The smallest absolute Gasteiger partial charge is 0.248 e. The number of benzene rings is 2. The zero-order chi connectivity index (χ0) is 20.9. The molecule has 2 atom stereocenters. The number of carbonyl (C=O) groups is 1. The average molecular weight is 394 g/mol. The summed E-state index contributed by atoms with van der Waals surface area (Å²) in [6.07, 6.45) is 2.91. The minimum absolute atomic E-state index is 0.0254. The molecule has 1 amide bonds. The normalized spacial score (nSPS) is 19.0. The number of nitrogens with one attached hydrogen (secondary N) is 1. The lowest BCUT2D eigenvalue weighted by Gasteiger charge is -2.25. The van der Waals surface area contributed by atoms with Gasteiger partial charge in [-0.1, -0.05) is 60.7 Å². The molecule has 5 nitrogen and oxygen atoms in total. The maximum absolute atomic E-state index is 12.7. The number of hydrogen-bond donors (Lipinski definition) is 2. The molecule has 0 saturated carbocycles. The predicted molar refractivity (Wildman–Crippen MR) is 116 cm³/mol. The van der Waals surface area contributed by atoms with E-state index in [0.29, 0.717) is 13.2 Å². The first kappa shape index (κ1) is 21.2. The van der Waals surface area contributed by atoms with Gasteiger partial charge in [0.1, 0.15) is 0 Å². The molecule has 5 heteroatoms. The van der Waals surface area contributed by atoms with Gasteiger partial charge in [0, 0.05) is 23.6 Å². The molecule has 0 bridgehead atoms. The predicted octanol–water partition coefficient (Wildman–Crippen LogP) is 2.61. The molecule has 0 unspecified atom stereocenters. The van der Waals surface area contributed by atoms with Crippen LogP contribution in [0.4, 0.5) is 0 Å². The quantitative estimate of drug-likeness (QED) is 0.609. The molecule has 0 spiro atoms. The molecule has 0 aromatic heterocycles. The highest BCUT2D eigenvalue weighted by atomic mass is 16.5. The summed E-state index contributed by atoms with van der Waals surface area (Å²) in [6.45, 7) is 3.45. The summed E-state index contributed by atoms with van der Waals surface area (Å²) < 4.78 is 5.24. The van der Waals surface area contributed by atoms with E-state index in [1.54, 1.807) is 0 Å². The number of ether oxygens (including phenoxy) is 1. The van der Waals surface area contributed by atoms with Crippen LogP contribution in [-0.2, 0) is 28.0 Å². The lowest BCUT2D eigenvalue weighted by atomic mass is 9.92. The first-order valence-electron chi connectivity index (χ1n) is 10.0. The molecule has 3 N–H and O–H groups in total. The Balaban J connectivity index is 1.53. The van der Waals surface area contributed by atoms with Crippen LogP contribution in [0, 0.1) is 0 Å². The molecule has 1 aliphatic rings. The van der Waals surface area contributed by atoms with Gasteiger partial charge in [-0.05, 0) is 44.1 Å². The van der Waals surface area contributed by atoms with Crippen LogP contribution in [0.25, 0.3) is 0 Å². The third-order valence-corrected chi connectivity index (χ3v) is 5.64. The van der Waals surface area contributed by atoms with Crippen molar-refractivity contribution in [3.63, 3.8) is 0 Å². The van der Waals surface area contributed by atoms with Crippen LogP contribution < -0.4 is 11.1 Å². The minimum atomic E-state index is -0.236. The number of nitrogens with two attached hydrogens (primary N) is 1. The number of likely N-dealkylation sites (N-methyl/N-ethyl adjacent to an activating group) is 1. The first-order valence-corrected chi connectivity index (χ1v) is 10.0. The zero-order valence-corrected chi connectivity index (χ0v) is 17.5. The van der Waals surface area contributed by atoms with Crippen LogP contribution in [-0.4, -0.2) is 44.2 Å². The number of nitrogens with zero attached hydrogens (tertiary/aromatic N) is 1. The van der Waals surface area contributed by atoms with Crippen LogP contribution in [0.1, 0.15) is 23.6 Å². The molecule has 3 rings (SSSR count). The van der Waals surface area contributed by atoms with E-state index in [1.165, 1.54) is 5.56 Å². The largest absolute Gasteiger partial charge is 0.362 e. The Hall–Kier alpha value is -2.47. The Morgan fingerprint density at radius 1 is 1.10 bits per heavy atom. The van der Waals surface area contributed by atoms with Crippen LogP contribution >= 0.6 is 0 Å². The average Bonchev–Trinajstić information content (AvgIpc) is 3.44. The molecule has 2 aromatic rings. The van der Waals surface area contributed by atoms with Crippen molar-refractivity contribution in [2.45, 2.75) is 31.4 Å². The summed E-state index contributed by atoms with van der Waals surface area (Å²) in [5.41, 5.74) is 9.49. The molecule has 1 aliphatic carbocycles. The van der Waals surface area contributed by atoms with Gasteiger partial charge in [0.2, 0.25) is 5.91 Å². The molecule has 0 fully saturated rings. The summed E-state index contributed by atoms with van der Waals surface area (Å²) in [4.78, 5) is 14.9. The van der Waals surface area contributed by atoms with E-state index in [-0.39, 0.29) is 24.1 Å². The van der Waals surface area contributed by atoms with Crippen molar-refractivity contribution in [3.8, 4) is 0 Å². The number of rotatable bonds is 10. The van der Waals surface area contributed by atoms with Gasteiger partial charge in [-0.25, -0.2) is 0 Å². The molecule has 29 heavy (non-hydrogen) atoms. The topological polar surface area (TPSA) is 67.6 Å². The zero-order valence-electron chi connectivity index (χ0n) is 17.5. The van der Waals surface area contributed by atoms with Gasteiger partial charge in [-0.3, -0.25) is 4.79 Å². The lowest BCUT2D eigenvalue weighted by Crippen LogP contribution is -2.42. The van der Waals surface area contributed by atoms with E-state index in [0.717, 1.165) is 23.1 Å². The van der Waals surface area contributed by atoms with Gasteiger partial charge in [0.15, 0.2) is 0 Å². The van der Waals surface area contributed by atoms with Crippen molar-refractivity contribution in [3.05, 3.63) is 82.9 Å².